The molecular formula is C26H37BrO2. The van der Waals surface area contributed by atoms with Crippen LogP contribution in [-0.4, -0.2) is 18.5 Å². The van der Waals surface area contributed by atoms with Gasteiger partial charge in [-0.3, -0.25) is 0 Å². The molecule has 0 aliphatic rings. The Labute approximate surface area is 186 Å². The maximum absolute atomic E-state index is 5.87. The van der Waals surface area contributed by atoms with Crippen molar-refractivity contribution in [2.75, 3.05) is 18.5 Å². The van der Waals surface area contributed by atoms with Crippen molar-refractivity contribution in [3.05, 3.63) is 57.6 Å². The fraction of sp³-hybridized carbons (Fsp3) is 0.538. The van der Waals surface area contributed by atoms with Crippen LogP contribution in [0.15, 0.2) is 24.3 Å². The van der Waals surface area contributed by atoms with Crippen molar-refractivity contribution in [1.29, 1.82) is 0 Å². The van der Waals surface area contributed by atoms with Gasteiger partial charge in [-0.25, -0.2) is 0 Å². The Morgan fingerprint density at radius 2 is 0.931 bits per heavy atom. The van der Waals surface area contributed by atoms with E-state index in [1.807, 2.05) is 13.8 Å². The number of alkyl halides is 1. The molecule has 0 spiro atoms. The zero-order valence-corrected chi connectivity index (χ0v) is 20.6. The summed E-state index contributed by atoms with van der Waals surface area (Å²) in [5, 5.41) is 0.912. The quantitative estimate of drug-likeness (QED) is 0.328. The molecule has 0 N–H and O–H groups in total. The lowest BCUT2D eigenvalue weighted by Gasteiger charge is -2.27. The summed E-state index contributed by atoms with van der Waals surface area (Å²) in [6, 6.07) is 9.00. The van der Waals surface area contributed by atoms with Gasteiger partial charge in [-0.15, -0.1) is 0 Å². The van der Waals surface area contributed by atoms with Crippen LogP contribution in [0, 0.1) is 0 Å². The van der Waals surface area contributed by atoms with Crippen molar-refractivity contribution in [3.63, 3.8) is 0 Å². The first-order valence-corrected chi connectivity index (χ1v) is 12.3. The molecule has 0 bridgehead atoms. The number of aryl methyl sites for hydroxylation is 4. The molecule has 2 rings (SSSR count). The van der Waals surface area contributed by atoms with Crippen LogP contribution in [-0.2, 0) is 25.7 Å². The third kappa shape index (κ3) is 5.36. The largest absolute Gasteiger partial charge is 0.494 e. The van der Waals surface area contributed by atoms with Gasteiger partial charge in [0.2, 0.25) is 0 Å². The molecule has 0 aliphatic heterocycles. The first-order chi connectivity index (χ1) is 14.1. The Morgan fingerprint density at radius 3 is 1.14 bits per heavy atom. The number of ether oxygens (including phenoxy) is 2. The fourth-order valence-electron chi connectivity index (χ4n) is 4.36. The van der Waals surface area contributed by atoms with Crippen molar-refractivity contribution in [2.45, 2.75) is 73.1 Å². The van der Waals surface area contributed by atoms with E-state index in [1.54, 1.807) is 0 Å². The average Bonchev–Trinajstić information content (AvgIpc) is 2.75. The molecule has 0 heterocycles. The molecule has 0 unspecified atom stereocenters. The van der Waals surface area contributed by atoms with Crippen molar-refractivity contribution in [1.82, 2.24) is 0 Å². The Balaban J connectivity index is 2.73. The highest BCUT2D eigenvalue weighted by Crippen LogP contribution is 2.40. The van der Waals surface area contributed by atoms with Gasteiger partial charge in [0.1, 0.15) is 11.5 Å². The van der Waals surface area contributed by atoms with E-state index in [0.717, 1.165) is 42.5 Å². The highest BCUT2D eigenvalue weighted by Gasteiger charge is 2.25. The van der Waals surface area contributed by atoms with Crippen molar-refractivity contribution in [3.8, 4) is 11.5 Å². The minimum Gasteiger partial charge on any atom is -0.494 e. The molecule has 3 heteroatoms. The summed E-state index contributed by atoms with van der Waals surface area (Å²) in [5.74, 6) is 2.32. The van der Waals surface area contributed by atoms with Gasteiger partial charge in [0.05, 0.1) is 13.2 Å². The monoisotopic (exact) mass is 460 g/mol. The van der Waals surface area contributed by atoms with Crippen LogP contribution >= 0.6 is 15.9 Å². The van der Waals surface area contributed by atoms with Gasteiger partial charge in [0.15, 0.2) is 0 Å². The van der Waals surface area contributed by atoms with E-state index in [9.17, 15) is 0 Å². The molecule has 0 aromatic heterocycles. The number of hydrogen-bond donors (Lipinski definition) is 0. The fourth-order valence-corrected chi connectivity index (χ4v) is 5.01. The second kappa shape index (κ2) is 11.6. The molecule has 29 heavy (non-hydrogen) atoms. The standard InChI is InChI=1S/C26H37BrO2/c1-7-18-13-22(28-11-5)14-19(8-2)25(18)24(17-27)26-20(9-3)15-23(29-12-6)16-21(26)10-4/h13-16,24H,7-12,17H2,1-6H3. The summed E-state index contributed by atoms with van der Waals surface area (Å²) < 4.78 is 11.7. The first-order valence-electron chi connectivity index (χ1n) is 11.2. The van der Waals surface area contributed by atoms with Crippen LogP contribution in [0.2, 0.25) is 0 Å². The zero-order valence-electron chi connectivity index (χ0n) is 19.0. The minimum atomic E-state index is 0.330. The third-order valence-electron chi connectivity index (χ3n) is 5.65. The van der Waals surface area contributed by atoms with E-state index < -0.39 is 0 Å². The Morgan fingerprint density at radius 1 is 0.621 bits per heavy atom. The van der Waals surface area contributed by atoms with E-state index in [4.69, 9.17) is 9.47 Å². The Kier molecular flexibility index (Phi) is 9.55. The highest BCUT2D eigenvalue weighted by atomic mass is 79.9. The lowest BCUT2D eigenvalue weighted by molar-refractivity contribution is 0.339. The minimum absolute atomic E-state index is 0.330. The van der Waals surface area contributed by atoms with Crippen LogP contribution in [0.4, 0.5) is 0 Å². The molecule has 0 saturated carbocycles. The third-order valence-corrected chi connectivity index (χ3v) is 6.29. The second-order valence-corrected chi connectivity index (χ2v) is 7.95. The molecule has 2 nitrogen and oxygen atoms in total. The van der Waals surface area contributed by atoms with Gasteiger partial charge in [0.25, 0.3) is 0 Å². The second-order valence-electron chi connectivity index (χ2n) is 7.30. The molecule has 0 fully saturated rings. The summed E-state index contributed by atoms with van der Waals surface area (Å²) in [4.78, 5) is 0. The van der Waals surface area contributed by atoms with Gasteiger partial charge < -0.3 is 9.47 Å². The first kappa shape index (κ1) is 23.8. The molecule has 0 radical (unpaired) electrons. The van der Waals surface area contributed by atoms with Crippen LogP contribution in [0.5, 0.6) is 11.5 Å². The number of halogens is 1. The molecule has 0 amide bonds. The van der Waals surface area contributed by atoms with E-state index in [1.165, 1.54) is 33.4 Å². The Bertz CT molecular complexity index is 682. The van der Waals surface area contributed by atoms with Gasteiger partial charge in [-0.1, -0.05) is 43.6 Å². The molecule has 160 valence electrons. The lowest BCUT2D eigenvalue weighted by Crippen LogP contribution is -2.15. The molecule has 0 saturated heterocycles. The average molecular weight is 461 g/mol. The van der Waals surface area contributed by atoms with Gasteiger partial charge in [0, 0.05) is 11.2 Å². The van der Waals surface area contributed by atoms with Crippen LogP contribution in [0.3, 0.4) is 0 Å². The predicted octanol–water partition coefficient (Wildman–Crippen LogP) is 7.26. The van der Waals surface area contributed by atoms with Crippen molar-refractivity contribution < 1.29 is 9.47 Å². The topological polar surface area (TPSA) is 18.5 Å². The summed E-state index contributed by atoms with van der Waals surface area (Å²) >= 11 is 3.88. The lowest BCUT2D eigenvalue weighted by atomic mass is 9.79. The van der Waals surface area contributed by atoms with Gasteiger partial charge in [-0.05, 0) is 97.2 Å². The summed E-state index contributed by atoms with van der Waals surface area (Å²) in [5.41, 5.74) is 8.55. The number of rotatable bonds is 11. The van der Waals surface area contributed by atoms with E-state index in [2.05, 4.69) is 67.9 Å². The molecule has 2 aromatic rings. The van der Waals surface area contributed by atoms with Crippen molar-refractivity contribution in [2.24, 2.45) is 0 Å². The van der Waals surface area contributed by atoms with Crippen LogP contribution in [0.25, 0.3) is 0 Å². The zero-order chi connectivity index (χ0) is 21.4. The summed E-state index contributed by atoms with van der Waals surface area (Å²) in [6.07, 6.45) is 4.03. The van der Waals surface area contributed by atoms with Gasteiger partial charge >= 0.3 is 0 Å². The number of benzene rings is 2. The van der Waals surface area contributed by atoms with Gasteiger partial charge in [-0.2, -0.15) is 0 Å². The van der Waals surface area contributed by atoms with E-state index >= 15 is 0 Å². The SMILES string of the molecule is CCOc1cc(CC)c(C(CBr)c2c(CC)cc(OCC)cc2CC)c(CC)c1. The predicted molar refractivity (Wildman–Crippen MR) is 128 cm³/mol. The smallest absolute Gasteiger partial charge is 0.119 e. The maximum Gasteiger partial charge on any atom is 0.119 e. The van der Waals surface area contributed by atoms with E-state index in [0.29, 0.717) is 19.1 Å². The summed E-state index contributed by atoms with van der Waals surface area (Å²) in [7, 11) is 0. The van der Waals surface area contributed by atoms with Crippen molar-refractivity contribution >= 4 is 15.9 Å². The van der Waals surface area contributed by atoms with E-state index in [-0.39, 0.29) is 0 Å². The molecular weight excluding hydrogens is 424 g/mol. The number of hydrogen-bond acceptors (Lipinski definition) is 2. The normalized spacial score (nSPS) is 11.2. The Hall–Kier alpha value is -1.48. The molecule has 0 atom stereocenters. The molecule has 2 aromatic carbocycles. The van der Waals surface area contributed by atoms with Crippen LogP contribution in [0.1, 0.15) is 80.8 Å². The molecule has 0 aliphatic carbocycles. The maximum atomic E-state index is 5.87. The summed E-state index contributed by atoms with van der Waals surface area (Å²) in [6.45, 7) is 14.5. The highest BCUT2D eigenvalue weighted by molar-refractivity contribution is 9.09. The van der Waals surface area contributed by atoms with Crippen LogP contribution < -0.4 is 9.47 Å².